The highest BCUT2D eigenvalue weighted by molar-refractivity contribution is 7.09. The van der Waals surface area contributed by atoms with Gasteiger partial charge in [0.2, 0.25) is 0 Å². The maximum atomic E-state index is 13.7. The van der Waals surface area contributed by atoms with Crippen LogP contribution < -0.4 is 4.74 Å². The van der Waals surface area contributed by atoms with Crippen molar-refractivity contribution in [1.82, 2.24) is 9.97 Å². The molecule has 0 saturated carbocycles. The zero-order valence-electron chi connectivity index (χ0n) is 14.2. The highest BCUT2D eigenvalue weighted by atomic mass is 32.1. The monoisotopic (exact) mass is 358 g/mol. The van der Waals surface area contributed by atoms with Crippen molar-refractivity contribution in [3.8, 4) is 5.75 Å². The van der Waals surface area contributed by atoms with Gasteiger partial charge in [0.15, 0.2) is 0 Å². The van der Waals surface area contributed by atoms with Crippen LogP contribution >= 0.6 is 11.3 Å². The minimum absolute atomic E-state index is 0.124. The summed E-state index contributed by atoms with van der Waals surface area (Å²) >= 11 is 1.61. The van der Waals surface area contributed by atoms with Crippen molar-refractivity contribution in [3.63, 3.8) is 0 Å². The number of thiazole rings is 1. The van der Waals surface area contributed by atoms with Gasteiger partial charge < -0.3 is 9.47 Å². The number of halogens is 1. The second-order valence-electron chi connectivity index (χ2n) is 6.28. The number of ether oxygens (including phenoxy) is 2. The van der Waals surface area contributed by atoms with Crippen molar-refractivity contribution in [2.75, 3.05) is 6.61 Å². The molecular formula is C19H19FN2O2S. The molecule has 1 saturated heterocycles. The van der Waals surface area contributed by atoms with Crippen LogP contribution in [0.1, 0.15) is 40.9 Å². The summed E-state index contributed by atoms with van der Waals surface area (Å²) < 4.78 is 25.4. The number of pyridine rings is 1. The summed E-state index contributed by atoms with van der Waals surface area (Å²) in [7, 11) is 0. The average Bonchev–Trinajstić information content (AvgIpc) is 3.27. The smallest absolute Gasteiger partial charge is 0.134 e. The van der Waals surface area contributed by atoms with E-state index in [-0.39, 0.29) is 11.9 Å². The van der Waals surface area contributed by atoms with Crippen LogP contribution in [-0.4, -0.2) is 16.6 Å². The summed E-state index contributed by atoms with van der Waals surface area (Å²) in [5.74, 6) is 0.380. The summed E-state index contributed by atoms with van der Waals surface area (Å²) in [4.78, 5) is 9.15. The van der Waals surface area contributed by atoms with Crippen LogP contribution in [0, 0.1) is 19.7 Å². The van der Waals surface area contributed by atoms with Crippen molar-refractivity contribution in [3.05, 3.63) is 51.4 Å². The Morgan fingerprint density at radius 3 is 3.00 bits per heavy atom. The summed E-state index contributed by atoms with van der Waals surface area (Å²) in [6, 6.07) is 4.58. The first kappa shape index (κ1) is 16.4. The molecule has 0 radical (unpaired) electrons. The van der Waals surface area contributed by atoms with Crippen molar-refractivity contribution in [2.45, 2.75) is 39.4 Å². The maximum Gasteiger partial charge on any atom is 0.134 e. The van der Waals surface area contributed by atoms with E-state index in [0.717, 1.165) is 46.9 Å². The third kappa shape index (κ3) is 3.24. The topological polar surface area (TPSA) is 44.2 Å². The Hall–Kier alpha value is -2.05. The largest absolute Gasteiger partial charge is 0.486 e. The lowest BCUT2D eigenvalue weighted by molar-refractivity contribution is 0.111. The van der Waals surface area contributed by atoms with Crippen molar-refractivity contribution >= 4 is 22.2 Å². The Kier molecular flexibility index (Phi) is 4.39. The molecule has 6 heteroatoms. The SMILES string of the molecule is Cc1nc2ccc(F)cc2c(OCc2csc([C@@H]3CCCO3)n2)c1C. The predicted molar refractivity (Wildman–Crippen MR) is 95.5 cm³/mol. The maximum absolute atomic E-state index is 13.7. The number of nitrogens with zero attached hydrogens (tertiary/aromatic N) is 2. The van der Waals surface area contributed by atoms with Crippen LogP contribution in [0.5, 0.6) is 5.75 Å². The summed E-state index contributed by atoms with van der Waals surface area (Å²) in [6.07, 6.45) is 2.24. The number of aryl methyl sites for hydroxylation is 1. The van der Waals surface area contributed by atoms with E-state index in [1.54, 1.807) is 17.4 Å². The highest BCUT2D eigenvalue weighted by Gasteiger charge is 2.21. The lowest BCUT2D eigenvalue weighted by atomic mass is 10.1. The van der Waals surface area contributed by atoms with E-state index < -0.39 is 0 Å². The van der Waals surface area contributed by atoms with Crippen molar-refractivity contribution in [1.29, 1.82) is 0 Å². The number of hydrogen-bond donors (Lipinski definition) is 0. The molecule has 3 heterocycles. The summed E-state index contributed by atoms with van der Waals surface area (Å²) in [6.45, 7) is 5.03. The fourth-order valence-electron chi connectivity index (χ4n) is 3.06. The number of benzene rings is 1. The van der Waals surface area contributed by atoms with Crippen molar-refractivity contribution in [2.24, 2.45) is 0 Å². The molecule has 2 aromatic heterocycles. The minimum atomic E-state index is -0.295. The van der Waals surface area contributed by atoms with Crippen LogP contribution in [0.3, 0.4) is 0 Å². The molecule has 4 rings (SSSR count). The van der Waals surface area contributed by atoms with Gasteiger partial charge in [0, 0.05) is 28.6 Å². The van der Waals surface area contributed by atoms with E-state index in [0.29, 0.717) is 17.7 Å². The second kappa shape index (κ2) is 6.69. The predicted octanol–water partition coefficient (Wildman–Crippen LogP) is 4.88. The van der Waals surface area contributed by atoms with Gasteiger partial charge in [-0.05, 0) is 44.9 Å². The first-order chi connectivity index (χ1) is 12.1. The molecule has 1 fully saturated rings. The quantitative estimate of drug-likeness (QED) is 0.667. The number of rotatable bonds is 4. The Balaban J connectivity index is 1.60. The van der Waals surface area contributed by atoms with Gasteiger partial charge in [-0.15, -0.1) is 11.3 Å². The fourth-order valence-corrected chi connectivity index (χ4v) is 3.94. The first-order valence-electron chi connectivity index (χ1n) is 8.37. The Morgan fingerprint density at radius 2 is 2.20 bits per heavy atom. The molecule has 1 aromatic carbocycles. The Labute approximate surface area is 149 Å². The van der Waals surface area contributed by atoms with Gasteiger partial charge in [-0.25, -0.2) is 9.37 Å². The van der Waals surface area contributed by atoms with Gasteiger partial charge in [-0.2, -0.15) is 0 Å². The van der Waals surface area contributed by atoms with Gasteiger partial charge in [-0.1, -0.05) is 0 Å². The molecule has 0 spiro atoms. The molecule has 25 heavy (non-hydrogen) atoms. The standard InChI is InChI=1S/C19H19FN2O2S/c1-11-12(2)21-16-6-5-13(20)8-15(16)18(11)24-9-14-10-25-19(22-14)17-4-3-7-23-17/h5-6,8,10,17H,3-4,7,9H2,1-2H3/t17-/m0/s1. The number of fused-ring (bicyclic) bond motifs is 1. The molecule has 1 aliphatic rings. The van der Waals surface area contributed by atoms with Gasteiger partial charge in [0.05, 0.1) is 11.2 Å². The molecule has 0 bridgehead atoms. The van der Waals surface area contributed by atoms with Crippen LogP contribution in [0.15, 0.2) is 23.6 Å². The second-order valence-corrected chi connectivity index (χ2v) is 7.17. The molecule has 1 aliphatic heterocycles. The third-order valence-corrected chi connectivity index (χ3v) is 5.50. The Morgan fingerprint density at radius 1 is 1.32 bits per heavy atom. The molecule has 130 valence electrons. The molecule has 4 nitrogen and oxygen atoms in total. The van der Waals surface area contributed by atoms with Crippen molar-refractivity contribution < 1.29 is 13.9 Å². The lowest BCUT2D eigenvalue weighted by Gasteiger charge is -2.13. The highest BCUT2D eigenvalue weighted by Crippen LogP contribution is 2.33. The van der Waals surface area contributed by atoms with Crippen LogP contribution in [-0.2, 0) is 11.3 Å². The average molecular weight is 358 g/mol. The molecule has 0 amide bonds. The van der Waals surface area contributed by atoms with E-state index in [4.69, 9.17) is 9.47 Å². The van der Waals surface area contributed by atoms with E-state index in [1.165, 1.54) is 12.1 Å². The van der Waals surface area contributed by atoms with E-state index in [1.807, 2.05) is 19.2 Å². The first-order valence-corrected chi connectivity index (χ1v) is 9.25. The fraction of sp³-hybridized carbons (Fsp3) is 0.368. The normalized spacial score (nSPS) is 17.3. The molecule has 1 atom stereocenters. The molecular weight excluding hydrogens is 339 g/mol. The van der Waals surface area contributed by atoms with E-state index in [2.05, 4.69) is 9.97 Å². The lowest BCUT2D eigenvalue weighted by Crippen LogP contribution is -2.02. The number of hydrogen-bond acceptors (Lipinski definition) is 5. The summed E-state index contributed by atoms with van der Waals surface area (Å²) in [5.41, 5.74) is 3.41. The molecule has 0 unspecified atom stereocenters. The van der Waals surface area contributed by atoms with Crippen LogP contribution in [0.25, 0.3) is 10.9 Å². The number of aromatic nitrogens is 2. The van der Waals surface area contributed by atoms with Gasteiger partial charge in [-0.3, -0.25) is 4.98 Å². The van der Waals surface area contributed by atoms with E-state index >= 15 is 0 Å². The minimum Gasteiger partial charge on any atom is -0.486 e. The third-order valence-electron chi connectivity index (χ3n) is 4.51. The zero-order chi connectivity index (χ0) is 17.4. The summed E-state index contributed by atoms with van der Waals surface area (Å²) in [5, 5.41) is 3.70. The van der Waals surface area contributed by atoms with Gasteiger partial charge >= 0.3 is 0 Å². The van der Waals surface area contributed by atoms with Gasteiger partial charge in [0.1, 0.15) is 29.3 Å². The zero-order valence-corrected chi connectivity index (χ0v) is 15.0. The molecule has 0 N–H and O–H groups in total. The molecule has 3 aromatic rings. The van der Waals surface area contributed by atoms with Crippen LogP contribution in [0.4, 0.5) is 4.39 Å². The van der Waals surface area contributed by atoms with Crippen LogP contribution in [0.2, 0.25) is 0 Å². The van der Waals surface area contributed by atoms with E-state index in [9.17, 15) is 4.39 Å². The Bertz CT molecular complexity index is 919. The molecule has 0 aliphatic carbocycles. The van der Waals surface area contributed by atoms with Gasteiger partial charge in [0.25, 0.3) is 0 Å².